The van der Waals surface area contributed by atoms with E-state index in [4.69, 9.17) is 10.5 Å². The topological polar surface area (TPSA) is 55.6 Å². The summed E-state index contributed by atoms with van der Waals surface area (Å²) in [5, 5.41) is 0. The molecule has 0 spiro atoms. The maximum atomic E-state index is 12.0. The van der Waals surface area contributed by atoms with Crippen LogP contribution in [-0.4, -0.2) is 29.7 Å². The van der Waals surface area contributed by atoms with Crippen LogP contribution in [0, 0.1) is 0 Å². The van der Waals surface area contributed by atoms with E-state index < -0.39 is 5.60 Å². The van der Waals surface area contributed by atoms with Gasteiger partial charge in [-0.15, -0.1) is 0 Å². The number of carbonyl (C=O) groups excluding carboxylic acids is 1. The molecule has 0 radical (unpaired) electrons. The van der Waals surface area contributed by atoms with Crippen LogP contribution in [0.1, 0.15) is 33.3 Å². The molecule has 5 heteroatoms. The SMILES string of the molecule is CCN(CCc1ccc(Br)c(N)c1)C(=O)OC(C)(C)C. The van der Waals surface area contributed by atoms with Crippen molar-refractivity contribution < 1.29 is 9.53 Å². The molecule has 1 rings (SSSR count). The highest BCUT2D eigenvalue weighted by Gasteiger charge is 2.20. The van der Waals surface area contributed by atoms with Crippen molar-refractivity contribution in [1.82, 2.24) is 4.90 Å². The second-order valence-electron chi connectivity index (χ2n) is 5.67. The van der Waals surface area contributed by atoms with Crippen LogP contribution in [0.2, 0.25) is 0 Å². The Kier molecular flexibility index (Phi) is 5.87. The lowest BCUT2D eigenvalue weighted by molar-refractivity contribution is 0.0262. The molecular weight excluding hydrogens is 320 g/mol. The number of hydrogen-bond donors (Lipinski definition) is 1. The van der Waals surface area contributed by atoms with Gasteiger partial charge in [-0.05, 0) is 67.7 Å². The van der Waals surface area contributed by atoms with Gasteiger partial charge >= 0.3 is 6.09 Å². The van der Waals surface area contributed by atoms with Gasteiger partial charge in [-0.3, -0.25) is 0 Å². The molecule has 2 N–H and O–H groups in total. The summed E-state index contributed by atoms with van der Waals surface area (Å²) < 4.78 is 6.27. The summed E-state index contributed by atoms with van der Waals surface area (Å²) in [6.07, 6.45) is 0.481. The summed E-state index contributed by atoms with van der Waals surface area (Å²) in [4.78, 5) is 13.7. The van der Waals surface area contributed by atoms with E-state index >= 15 is 0 Å². The number of ether oxygens (including phenoxy) is 1. The molecule has 0 unspecified atom stereocenters. The minimum Gasteiger partial charge on any atom is -0.444 e. The second-order valence-corrected chi connectivity index (χ2v) is 6.52. The lowest BCUT2D eigenvalue weighted by Crippen LogP contribution is -2.37. The Morgan fingerprint density at radius 3 is 2.55 bits per heavy atom. The summed E-state index contributed by atoms with van der Waals surface area (Å²) in [7, 11) is 0. The fraction of sp³-hybridized carbons (Fsp3) is 0.533. The van der Waals surface area contributed by atoms with Crippen LogP contribution >= 0.6 is 15.9 Å². The summed E-state index contributed by atoms with van der Waals surface area (Å²) in [5.41, 5.74) is 7.20. The third-order valence-corrected chi connectivity index (χ3v) is 3.49. The van der Waals surface area contributed by atoms with Crippen molar-refractivity contribution in [3.05, 3.63) is 28.2 Å². The molecule has 0 aliphatic rings. The molecule has 0 atom stereocenters. The highest BCUT2D eigenvalue weighted by atomic mass is 79.9. The summed E-state index contributed by atoms with van der Waals surface area (Å²) in [6.45, 7) is 8.80. The minimum atomic E-state index is -0.466. The predicted octanol–water partition coefficient (Wildman–Crippen LogP) is 3.83. The Morgan fingerprint density at radius 1 is 1.40 bits per heavy atom. The Bertz CT molecular complexity index is 469. The van der Waals surface area contributed by atoms with Crippen molar-refractivity contribution in [2.45, 2.75) is 39.7 Å². The molecular formula is C15H23BrN2O2. The van der Waals surface area contributed by atoms with E-state index in [-0.39, 0.29) is 6.09 Å². The van der Waals surface area contributed by atoms with Gasteiger partial charge in [-0.25, -0.2) is 4.79 Å². The van der Waals surface area contributed by atoms with Crippen molar-refractivity contribution in [3.8, 4) is 0 Å². The number of benzene rings is 1. The van der Waals surface area contributed by atoms with Gasteiger partial charge in [0.2, 0.25) is 0 Å². The number of nitrogens with zero attached hydrogens (tertiary/aromatic N) is 1. The monoisotopic (exact) mass is 342 g/mol. The number of likely N-dealkylation sites (N-methyl/N-ethyl adjacent to an activating group) is 1. The quantitative estimate of drug-likeness (QED) is 0.846. The largest absolute Gasteiger partial charge is 0.444 e. The maximum absolute atomic E-state index is 12.0. The van der Waals surface area contributed by atoms with Crippen LogP contribution in [0.3, 0.4) is 0 Å². The number of halogens is 1. The molecule has 0 aliphatic heterocycles. The van der Waals surface area contributed by atoms with Gasteiger partial charge in [0.15, 0.2) is 0 Å². The molecule has 0 bridgehead atoms. The highest BCUT2D eigenvalue weighted by Crippen LogP contribution is 2.20. The van der Waals surface area contributed by atoms with E-state index in [9.17, 15) is 4.79 Å². The first-order valence-corrected chi connectivity index (χ1v) is 7.54. The molecule has 20 heavy (non-hydrogen) atoms. The Labute approximate surface area is 129 Å². The number of carbonyl (C=O) groups is 1. The summed E-state index contributed by atoms with van der Waals surface area (Å²) >= 11 is 3.37. The Morgan fingerprint density at radius 2 is 2.05 bits per heavy atom. The van der Waals surface area contributed by atoms with Crippen LogP contribution in [0.25, 0.3) is 0 Å². The zero-order valence-corrected chi connectivity index (χ0v) is 14.2. The number of rotatable bonds is 4. The first kappa shape index (κ1) is 16.8. The van der Waals surface area contributed by atoms with Crippen LogP contribution in [0.4, 0.5) is 10.5 Å². The van der Waals surface area contributed by atoms with Crippen molar-refractivity contribution in [2.75, 3.05) is 18.8 Å². The van der Waals surface area contributed by atoms with Crippen molar-refractivity contribution in [1.29, 1.82) is 0 Å². The predicted molar refractivity (Wildman–Crippen MR) is 85.7 cm³/mol. The van der Waals surface area contributed by atoms with E-state index in [1.54, 1.807) is 4.90 Å². The average Bonchev–Trinajstić information content (AvgIpc) is 2.32. The van der Waals surface area contributed by atoms with Crippen LogP contribution in [0.5, 0.6) is 0 Å². The van der Waals surface area contributed by atoms with E-state index in [1.165, 1.54) is 0 Å². The Hall–Kier alpha value is -1.23. The molecule has 4 nitrogen and oxygen atoms in total. The Balaban J connectivity index is 2.61. The lowest BCUT2D eigenvalue weighted by atomic mass is 10.1. The first-order chi connectivity index (χ1) is 9.23. The number of nitrogens with two attached hydrogens (primary N) is 1. The smallest absolute Gasteiger partial charge is 0.410 e. The van der Waals surface area contributed by atoms with Crippen LogP contribution in [0.15, 0.2) is 22.7 Å². The van der Waals surface area contributed by atoms with Crippen molar-refractivity contribution >= 4 is 27.7 Å². The van der Waals surface area contributed by atoms with Gasteiger partial charge in [0.1, 0.15) is 5.60 Å². The zero-order chi connectivity index (χ0) is 15.3. The van der Waals surface area contributed by atoms with Crippen molar-refractivity contribution in [2.24, 2.45) is 0 Å². The van der Waals surface area contributed by atoms with E-state index in [0.717, 1.165) is 16.5 Å². The molecule has 0 aliphatic carbocycles. The molecule has 1 amide bonds. The number of hydrogen-bond acceptors (Lipinski definition) is 3. The number of nitrogen functional groups attached to an aromatic ring is 1. The first-order valence-electron chi connectivity index (χ1n) is 6.74. The van der Waals surface area contributed by atoms with Gasteiger partial charge in [0.05, 0.1) is 0 Å². The fourth-order valence-corrected chi connectivity index (χ4v) is 1.96. The average molecular weight is 343 g/mol. The van der Waals surface area contributed by atoms with Crippen LogP contribution in [-0.2, 0) is 11.2 Å². The molecule has 1 aromatic rings. The molecule has 0 fully saturated rings. The van der Waals surface area contributed by atoms with E-state index in [0.29, 0.717) is 18.8 Å². The molecule has 112 valence electrons. The van der Waals surface area contributed by atoms with Gasteiger partial charge in [-0.2, -0.15) is 0 Å². The molecule has 0 aromatic heterocycles. The third kappa shape index (κ3) is 5.41. The fourth-order valence-electron chi connectivity index (χ4n) is 1.72. The van der Waals surface area contributed by atoms with Gasteiger partial charge in [0, 0.05) is 23.2 Å². The number of amides is 1. The van der Waals surface area contributed by atoms with Crippen LogP contribution < -0.4 is 5.73 Å². The van der Waals surface area contributed by atoms with Crippen molar-refractivity contribution in [3.63, 3.8) is 0 Å². The molecule has 0 saturated carbocycles. The standard InChI is InChI=1S/C15H23BrN2O2/c1-5-18(14(19)20-15(2,3)4)9-8-11-6-7-12(16)13(17)10-11/h6-7,10H,5,8-9,17H2,1-4H3. The summed E-state index contributed by atoms with van der Waals surface area (Å²) in [5.74, 6) is 0. The maximum Gasteiger partial charge on any atom is 0.410 e. The van der Waals surface area contributed by atoms with E-state index in [2.05, 4.69) is 15.9 Å². The minimum absolute atomic E-state index is 0.273. The lowest BCUT2D eigenvalue weighted by Gasteiger charge is -2.26. The molecule has 0 saturated heterocycles. The van der Waals surface area contributed by atoms with Gasteiger partial charge in [0.25, 0.3) is 0 Å². The molecule has 1 aromatic carbocycles. The second kappa shape index (κ2) is 6.97. The van der Waals surface area contributed by atoms with Gasteiger partial charge in [-0.1, -0.05) is 6.07 Å². The molecule has 0 heterocycles. The van der Waals surface area contributed by atoms with E-state index in [1.807, 2.05) is 45.9 Å². The zero-order valence-electron chi connectivity index (χ0n) is 12.6. The number of anilines is 1. The summed E-state index contributed by atoms with van der Waals surface area (Å²) in [6, 6.07) is 5.85. The third-order valence-electron chi connectivity index (χ3n) is 2.76. The van der Waals surface area contributed by atoms with Gasteiger partial charge < -0.3 is 15.4 Å². The highest BCUT2D eigenvalue weighted by molar-refractivity contribution is 9.10. The normalized spacial score (nSPS) is 11.2.